The zero-order valence-electron chi connectivity index (χ0n) is 15.1. The molecule has 0 atom stereocenters. The number of rotatable bonds is 7. The second-order valence-electron chi connectivity index (χ2n) is 6.17. The van der Waals surface area contributed by atoms with Crippen molar-refractivity contribution in [2.45, 2.75) is 32.6 Å². The minimum Gasteiger partial charge on any atom is -0.462 e. The standard InChI is InChI=1S/C16H22O7S.K/c1-10(2)8-22-15(17)12-5-6-13(14(7-12)24(19,20)21)16(18)23-9-11(3)4;/h5-7,10-11H,8-9H2,1-4H3,(H,19,20,21);. The monoisotopic (exact) mass is 397 g/mol. The Kier molecular flexibility index (Phi) is 10.6. The number of benzene rings is 1. The van der Waals surface area contributed by atoms with Gasteiger partial charge < -0.3 is 9.47 Å². The molecule has 7 nitrogen and oxygen atoms in total. The molecule has 25 heavy (non-hydrogen) atoms. The van der Waals surface area contributed by atoms with Crippen molar-refractivity contribution in [1.29, 1.82) is 0 Å². The predicted octanol–water partition coefficient (Wildman–Crippen LogP) is 2.18. The third kappa shape index (κ3) is 8.29. The van der Waals surface area contributed by atoms with E-state index in [0.717, 1.165) is 12.1 Å². The molecule has 0 spiro atoms. The van der Waals surface area contributed by atoms with E-state index in [2.05, 4.69) is 0 Å². The van der Waals surface area contributed by atoms with Gasteiger partial charge in [0.1, 0.15) is 4.90 Å². The largest absolute Gasteiger partial charge is 0.462 e. The van der Waals surface area contributed by atoms with Crippen molar-refractivity contribution in [3.8, 4) is 0 Å². The van der Waals surface area contributed by atoms with E-state index in [4.69, 9.17) is 9.47 Å². The van der Waals surface area contributed by atoms with E-state index < -0.39 is 27.0 Å². The van der Waals surface area contributed by atoms with E-state index in [9.17, 15) is 22.6 Å². The summed E-state index contributed by atoms with van der Waals surface area (Å²) in [5.74, 6) is -1.46. The summed E-state index contributed by atoms with van der Waals surface area (Å²) in [6, 6.07) is 3.28. The zero-order chi connectivity index (χ0) is 18.5. The molecule has 1 aromatic rings. The third-order valence-corrected chi connectivity index (χ3v) is 3.70. The smallest absolute Gasteiger partial charge is 0.339 e. The van der Waals surface area contributed by atoms with E-state index in [1.807, 2.05) is 27.7 Å². The molecule has 0 heterocycles. The number of hydrogen-bond acceptors (Lipinski definition) is 6. The van der Waals surface area contributed by atoms with Crippen LogP contribution in [0.5, 0.6) is 0 Å². The molecule has 1 rings (SSSR count). The summed E-state index contributed by atoms with van der Waals surface area (Å²) < 4.78 is 42.4. The van der Waals surface area contributed by atoms with Crippen LogP contribution in [-0.4, -0.2) is 89.5 Å². The number of esters is 2. The SMILES string of the molecule is CC(C)COC(=O)c1ccc(C(=O)OCC(C)C)c(S(=O)(=O)O)c1.[K]. The first-order valence-electron chi connectivity index (χ1n) is 7.48. The average molecular weight is 398 g/mol. The van der Waals surface area contributed by atoms with Gasteiger partial charge in [-0.05, 0) is 30.0 Å². The Bertz CT molecular complexity index is 711. The molecular weight excluding hydrogens is 375 g/mol. The predicted molar refractivity (Wildman–Crippen MR) is 92.3 cm³/mol. The van der Waals surface area contributed by atoms with Gasteiger partial charge in [-0.15, -0.1) is 0 Å². The first-order valence-corrected chi connectivity index (χ1v) is 8.92. The molecule has 0 saturated carbocycles. The zero-order valence-corrected chi connectivity index (χ0v) is 19.0. The Morgan fingerprint density at radius 2 is 1.48 bits per heavy atom. The average Bonchev–Trinajstić information content (AvgIpc) is 2.48. The summed E-state index contributed by atoms with van der Waals surface area (Å²) in [5.41, 5.74) is -0.415. The Morgan fingerprint density at radius 1 is 1.00 bits per heavy atom. The van der Waals surface area contributed by atoms with Crippen LogP contribution in [0.15, 0.2) is 23.1 Å². The second-order valence-corrected chi connectivity index (χ2v) is 7.56. The van der Waals surface area contributed by atoms with Crippen LogP contribution in [0, 0.1) is 11.8 Å². The molecule has 0 saturated heterocycles. The molecule has 9 heteroatoms. The normalized spacial score (nSPS) is 11.2. The van der Waals surface area contributed by atoms with Gasteiger partial charge in [0.05, 0.1) is 24.3 Å². The Labute approximate surface area is 190 Å². The fraction of sp³-hybridized carbons (Fsp3) is 0.500. The molecule has 0 amide bonds. The molecule has 1 radical (unpaired) electrons. The maximum Gasteiger partial charge on any atom is 0.339 e. The first-order chi connectivity index (χ1) is 11.0. The van der Waals surface area contributed by atoms with Crippen LogP contribution in [0.3, 0.4) is 0 Å². The van der Waals surface area contributed by atoms with Crippen LogP contribution < -0.4 is 0 Å². The minimum absolute atomic E-state index is 0. The van der Waals surface area contributed by atoms with Gasteiger partial charge in [0.15, 0.2) is 0 Å². The van der Waals surface area contributed by atoms with E-state index >= 15 is 0 Å². The first kappa shape index (κ1) is 24.7. The van der Waals surface area contributed by atoms with Crippen molar-refractivity contribution >= 4 is 73.4 Å². The number of carbonyl (C=O) groups excluding carboxylic acids is 2. The maximum absolute atomic E-state index is 12.0. The van der Waals surface area contributed by atoms with Gasteiger partial charge in [-0.25, -0.2) is 9.59 Å². The summed E-state index contributed by atoms with van der Waals surface area (Å²) >= 11 is 0. The summed E-state index contributed by atoms with van der Waals surface area (Å²) in [7, 11) is -4.71. The number of ether oxygens (including phenoxy) is 2. The Hall–Kier alpha value is -0.294. The molecule has 0 unspecified atom stereocenters. The van der Waals surface area contributed by atoms with Crippen LogP contribution >= 0.6 is 0 Å². The van der Waals surface area contributed by atoms with Gasteiger partial charge in [0, 0.05) is 51.4 Å². The van der Waals surface area contributed by atoms with Gasteiger partial charge in [0.25, 0.3) is 10.1 Å². The minimum atomic E-state index is -4.71. The van der Waals surface area contributed by atoms with E-state index in [-0.39, 0.29) is 87.6 Å². The van der Waals surface area contributed by atoms with E-state index in [1.165, 1.54) is 6.07 Å². The van der Waals surface area contributed by atoms with Crippen molar-refractivity contribution in [2.24, 2.45) is 11.8 Å². The molecule has 0 aromatic heterocycles. The van der Waals surface area contributed by atoms with Crippen molar-refractivity contribution < 1.29 is 32.0 Å². The van der Waals surface area contributed by atoms with E-state index in [1.54, 1.807) is 0 Å². The third-order valence-electron chi connectivity index (χ3n) is 2.81. The summed E-state index contributed by atoms with van der Waals surface area (Å²) in [6.45, 7) is 7.62. The second kappa shape index (κ2) is 10.8. The molecule has 1 N–H and O–H groups in total. The van der Waals surface area contributed by atoms with Gasteiger partial charge in [-0.2, -0.15) is 8.42 Å². The van der Waals surface area contributed by atoms with Crippen LogP contribution in [0.2, 0.25) is 0 Å². The fourth-order valence-corrected chi connectivity index (χ4v) is 2.38. The molecule has 0 fully saturated rings. The van der Waals surface area contributed by atoms with Crippen LogP contribution in [0.4, 0.5) is 0 Å². The molecule has 0 aliphatic rings. The molecule has 0 aliphatic heterocycles. The molecule has 1 aromatic carbocycles. The Morgan fingerprint density at radius 3 is 1.92 bits per heavy atom. The van der Waals surface area contributed by atoms with Crippen molar-refractivity contribution in [1.82, 2.24) is 0 Å². The molecular formula is C16H22KO7S. The van der Waals surface area contributed by atoms with Gasteiger partial charge in [0.2, 0.25) is 0 Å². The number of carbonyl (C=O) groups is 2. The van der Waals surface area contributed by atoms with E-state index in [0.29, 0.717) is 0 Å². The Balaban J connectivity index is 0.00000576. The van der Waals surface area contributed by atoms with Crippen molar-refractivity contribution in [3.63, 3.8) is 0 Å². The maximum atomic E-state index is 12.0. The molecule has 0 bridgehead atoms. The van der Waals surface area contributed by atoms with Crippen molar-refractivity contribution in [3.05, 3.63) is 29.3 Å². The molecule has 0 aliphatic carbocycles. The quantitative estimate of drug-likeness (QED) is 0.427. The van der Waals surface area contributed by atoms with Crippen LogP contribution in [0.25, 0.3) is 0 Å². The fourth-order valence-electron chi connectivity index (χ4n) is 1.68. The summed E-state index contributed by atoms with van der Waals surface area (Å²) in [6.07, 6.45) is 0. The van der Waals surface area contributed by atoms with Crippen LogP contribution in [-0.2, 0) is 19.6 Å². The van der Waals surface area contributed by atoms with Gasteiger partial charge in [-0.3, -0.25) is 4.55 Å². The molecule has 135 valence electrons. The van der Waals surface area contributed by atoms with Gasteiger partial charge >= 0.3 is 11.9 Å². The topological polar surface area (TPSA) is 107 Å². The van der Waals surface area contributed by atoms with Crippen LogP contribution in [0.1, 0.15) is 48.4 Å². The van der Waals surface area contributed by atoms with Crippen molar-refractivity contribution in [2.75, 3.05) is 13.2 Å². The number of hydrogen-bond donors (Lipinski definition) is 1. The van der Waals surface area contributed by atoms with Gasteiger partial charge in [-0.1, -0.05) is 27.7 Å². The summed E-state index contributed by atoms with van der Waals surface area (Å²) in [4.78, 5) is 23.2. The summed E-state index contributed by atoms with van der Waals surface area (Å²) in [5, 5.41) is 0.